The Morgan fingerprint density at radius 2 is 1.47 bits per heavy atom. The highest BCUT2D eigenvalue weighted by Crippen LogP contribution is 2.61. The Hall–Kier alpha value is -0.720. The van der Waals surface area contributed by atoms with E-state index in [2.05, 4.69) is 32.9 Å². The lowest BCUT2D eigenvalue weighted by atomic mass is 9.49. The quantitative estimate of drug-likeness (QED) is 0.687. The van der Waals surface area contributed by atoms with E-state index in [1.54, 1.807) is 0 Å². The highest BCUT2D eigenvalue weighted by atomic mass is 16.3. The van der Waals surface area contributed by atoms with E-state index in [1.807, 2.05) is 0 Å². The summed E-state index contributed by atoms with van der Waals surface area (Å²) in [4.78, 5) is 0. The minimum Gasteiger partial charge on any atom is -0.465 e. The topological polar surface area (TPSA) is 13.1 Å². The smallest absolute Gasteiger partial charge is 0.110 e. The molecular weight excluding hydrogens is 232 g/mol. The first-order valence-corrected chi connectivity index (χ1v) is 8.05. The van der Waals surface area contributed by atoms with Crippen LogP contribution in [0.2, 0.25) is 0 Å². The molecule has 4 aliphatic carbocycles. The molecule has 5 rings (SSSR count). The zero-order valence-corrected chi connectivity index (χ0v) is 12.5. The van der Waals surface area contributed by atoms with Gasteiger partial charge in [-0.3, -0.25) is 0 Å². The zero-order chi connectivity index (χ0) is 13.3. The second-order valence-electron chi connectivity index (χ2n) is 8.61. The maximum absolute atomic E-state index is 6.33. The molecule has 4 bridgehead atoms. The molecule has 4 saturated carbocycles. The van der Waals surface area contributed by atoms with Crippen LogP contribution in [-0.4, -0.2) is 0 Å². The predicted octanol–water partition coefficient (Wildman–Crippen LogP) is 5.04. The molecule has 1 heterocycles. The molecule has 1 nitrogen and oxygen atoms in total. The molecule has 1 aromatic heterocycles. The van der Waals surface area contributed by atoms with Crippen LogP contribution in [0.4, 0.5) is 0 Å². The van der Waals surface area contributed by atoms with Gasteiger partial charge in [0, 0.05) is 10.8 Å². The molecule has 0 N–H and O–H groups in total. The van der Waals surface area contributed by atoms with Gasteiger partial charge in [0.15, 0.2) is 0 Å². The first kappa shape index (κ1) is 12.1. The van der Waals surface area contributed by atoms with Crippen molar-refractivity contribution in [3.05, 3.63) is 23.7 Å². The van der Waals surface area contributed by atoms with E-state index < -0.39 is 0 Å². The summed E-state index contributed by atoms with van der Waals surface area (Å²) in [5.74, 6) is 5.47. The lowest BCUT2D eigenvalue weighted by molar-refractivity contribution is -0.0159. The van der Waals surface area contributed by atoms with Crippen molar-refractivity contribution in [2.45, 2.75) is 70.1 Å². The standard InChI is InChI=1S/C18H26O/c1-17(2,3)15-4-5-16(19-15)18-9-12-6-13(10-18)8-14(7-12)11-18/h4-5,12-14H,6-11H2,1-3H3. The largest absolute Gasteiger partial charge is 0.465 e. The first-order chi connectivity index (χ1) is 8.95. The van der Waals surface area contributed by atoms with E-state index >= 15 is 0 Å². The minimum atomic E-state index is 0.139. The van der Waals surface area contributed by atoms with Gasteiger partial charge in [0.25, 0.3) is 0 Å². The molecule has 0 unspecified atom stereocenters. The van der Waals surface area contributed by atoms with E-state index in [0.29, 0.717) is 5.41 Å². The van der Waals surface area contributed by atoms with Gasteiger partial charge in [-0.05, 0) is 68.4 Å². The summed E-state index contributed by atoms with van der Waals surface area (Å²) in [6.07, 6.45) is 8.71. The van der Waals surface area contributed by atoms with Gasteiger partial charge in [-0.1, -0.05) is 20.8 Å². The van der Waals surface area contributed by atoms with E-state index in [0.717, 1.165) is 17.8 Å². The molecule has 0 atom stereocenters. The van der Waals surface area contributed by atoms with Crippen molar-refractivity contribution >= 4 is 0 Å². The van der Waals surface area contributed by atoms with Gasteiger partial charge in [-0.2, -0.15) is 0 Å². The third-order valence-corrected chi connectivity index (χ3v) is 5.91. The average Bonchev–Trinajstić information content (AvgIpc) is 2.75. The van der Waals surface area contributed by atoms with Crippen LogP contribution in [0.25, 0.3) is 0 Å². The molecule has 0 radical (unpaired) electrons. The maximum Gasteiger partial charge on any atom is 0.110 e. The monoisotopic (exact) mass is 258 g/mol. The van der Waals surface area contributed by atoms with Crippen LogP contribution in [-0.2, 0) is 10.8 Å². The SMILES string of the molecule is CC(C)(C)c1ccc(C23CC4CC(CC(C4)C2)C3)o1. The Balaban J connectivity index is 1.70. The van der Waals surface area contributed by atoms with Crippen molar-refractivity contribution in [2.24, 2.45) is 17.8 Å². The van der Waals surface area contributed by atoms with Crippen molar-refractivity contribution in [3.8, 4) is 0 Å². The summed E-state index contributed by atoms with van der Waals surface area (Å²) in [6.45, 7) is 6.74. The third kappa shape index (κ3) is 1.80. The fourth-order valence-electron chi connectivity index (χ4n) is 5.44. The molecule has 104 valence electrons. The van der Waals surface area contributed by atoms with Crippen LogP contribution in [0.5, 0.6) is 0 Å². The van der Waals surface area contributed by atoms with E-state index in [-0.39, 0.29) is 5.41 Å². The molecule has 0 amide bonds. The Morgan fingerprint density at radius 3 is 1.89 bits per heavy atom. The first-order valence-electron chi connectivity index (χ1n) is 8.05. The van der Waals surface area contributed by atoms with Crippen LogP contribution < -0.4 is 0 Å². The van der Waals surface area contributed by atoms with Gasteiger partial charge in [-0.25, -0.2) is 0 Å². The van der Waals surface area contributed by atoms with E-state index in [4.69, 9.17) is 4.42 Å². The van der Waals surface area contributed by atoms with Crippen LogP contribution in [0.1, 0.15) is 70.8 Å². The van der Waals surface area contributed by atoms with Crippen molar-refractivity contribution in [1.82, 2.24) is 0 Å². The van der Waals surface area contributed by atoms with Crippen molar-refractivity contribution in [1.29, 1.82) is 0 Å². The third-order valence-electron chi connectivity index (χ3n) is 5.91. The second-order valence-corrected chi connectivity index (χ2v) is 8.61. The number of hydrogen-bond donors (Lipinski definition) is 0. The highest BCUT2D eigenvalue weighted by Gasteiger charge is 2.53. The average molecular weight is 258 g/mol. The summed E-state index contributed by atoms with van der Waals surface area (Å²) in [5.41, 5.74) is 0.554. The maximum atomic E-state index is 6.33. The Morgan fingerprint density at radius 1 is 0.947 bits per heavy atom. The lowest BCUT2D eigenvalue weighted by Crippen LogP contribution is -2.48. The summed E-state index contributed by atoms with van der Waals surface area (Å²) in [5, 5.41) is 0. The molecule has 0 aliphatic heterocycles. The van der Waals surface area contributed by atoms with Gasteiger partial charge in [0.1, 0.15) is 11.5 Å². The zero-order valence-electron chi connectivity index (χ0n) is 12.5. The van der Waals surface area contributed by atoms with Gasteiger partial charge in [-0.15, -0.1) is 0 Å². The molecule has 4 aliphatic rings. The van der Waals surface area contributed by atoms with Gasteiger partial charge in [0.05, 0.1) is 0 Å². The fourth-order valence-corrected chi connectivity index (χ4v) is 5.44. The van der Waals surface area contributed by atoms with Crippen molar-refractivity contribution < 1.29 is 4.42 Å². The molecule has 19 heavy (non-hydrogen) atoms. The number of furan rings is 1. The summed E-state index contributed by atoms with van der Waals surface area (Å²) >= 11 is 0. The molecule has 0 aromatic carbocycles. The van der Waals surface area contributed by atoms with E-state index in [9.17, 15) is 0 Å². The van der Waals surface area contributed by atoms with Gasteiger partial charge >= 0.3 is 0 Å². The molecule has 0 saturated heterocycles. The van der Waals surface area contributed by atoms with Crippen molar-refractivity contribution in [3.63, 3.8) is 0 Å². The minimum absolute atomic E-state index is 0.139. The molecular formula is C18H26O. The van der Waals surface area contributed by atoms with Crippen LogP contribution >= 0.6 is 0 Å². The number of hydrogen-bond acceptors (Lipinski definition) is 1. The Kier molecular flexibility index (Phi) is 2.33. The van der Waals surface area contributed by atoms with Crippen molar-refractivity contribution in [2.75, 3.05) is 0 Å². The summed E-state index contributed by atoms with van der Waals surface area (Å²) < 4.78 is 6.33. The second kappa shape index (κ2) is 3.68. The fraction of sp³-hybridized carbons (Fsp3) is 0.778. The Labute approximate surface area is 116 Å². The molecule has 0 spiro atoms. The van der Waals surface area contributed by atoms with Gasteiger partial charge in [0.2, 0.25) is 0 Å². The van der Waals surface area contributed by atoms with Crippen LogP contribution in [0.3, 0.4) is 0 Å². The number of rotatable bonds is 1. The van der Waals surface area contributed by atoms with Crippen LogP contribution in [0, 0.1) is 17.8 Å². The summed E-state index contributed by atoms with van der Waals surface area (Å²) in [7, 11) is 0. The van der Waals surface area contributed by atoms with Crippen LogP contribution in [0.15, 0.2) is 16.5 Å². The van der Waals surface area contributed by atoms with E-state index in [1.165, 1.54) is 50.0 Å². The van der Waals surface area contributed by atoms with Gasteiger partial charge < -0.3 is 4.42 Å². The normalized spacial score (nSPS) is 40.9. The Bertz CT molecular complexity index is 453. The molecule has 1 aromatic rings. The molecule has 4 fully saturated rings. The predicted molar refractivity (Wildman–Crippen MR) is 77.3 cm³/mol. The highest BCUT2D eigenvalue weighted by molar-refractivity contribution is 5.24. The lowest BCUT2D eigenvalue weighted by Gasteiger charge is -2.56. The molecule has 1 heteroatoms. The summed E-state index contributed by atoms with van der Waals surface area (Å²) in [6, 6.07) is 4.53.